The van der Waals surface area contributed by atoms with E-state index in [2.05, 4.69) is 4.98 Å². The molecule has 4 N–H and O–H groups in total. The predicted molar refractivity (Wildman–Crippen MR) is 41.9 cm³/mol. The minimum Gasteiger partial charge on any atom is -0.397 e. The van der Waals surface area contributed by atoms with Crippen molar-refractivity contribution in [1.82, 2.24) is 4.98 Å². The molecule has 0 atom stereocenters. The topological polar surface area (TPSA) is 82.0 Å². The smallest absolute Gasteiger partial charge is 0.267 e. The molecule has 58 valence electrons. The lowest BCUT2D eigenvalue weighted by Crippen LogP contribution is -2.13. The second-order valence-electron chi connectivity index (χ2n) is 2.24. The molecule has 0 aliphatic carbocycles. The van der Waals surface area contributed by atoms with Crippen LogP contribution in [0.5, 0.6) is 0 Å². The number of pyridine rings is 1. The van der Waals surface area contributed by atoms with Gasteiger partial charge in [-0.1, -0.05) is 0 Å². The molecule has 1 aromatic heterocycles. The molecule has 0 bridgehead atoms. The van der Waals surface area contributed by atoms with Crippen molar-refractivity contribution in [2.45, 2.75) is 6.92 Å². The molecule has 0 fully saturated rings. The second-order valence-corrected chi connectivity index (χ2v) is 2.24. The lowest BCUT2D eigenvalue weighted by Gasteiger charge is -1.99. The van der Waals surface area contributed by atoms with E-state index in [0.717, 1.165) is 0 Å². The fourth-order valence-corrected chi connectivity index (χ4v) is 0.709. The van der Waals surface area contributed by atoms with Gasteiger partial charge in [0.2, 0.25) is 0 Å². The fourth-order valence-electron chi connectivity index (χ4n) is 0.709. The molecule has 0 aliphatic heterocycles. The third-order valence-electron chi connectivity index (χ3n) is 1.38. The van der Waals surface area contributed by atoms with Crippen molar-refractivity contribution >= 4 is 11.6 Å². The van der Waals surface area contributed by atoms with Crippen molar-refractivity contribution in [3.63, 3.8) is 0 Å². The first kappa shape index (κ1) is 7.53. The summed E-state index contributed by atoms with van der Waals surface area (Å²) in [6.07, 6.45) is 0. The summed E-state index contributed by atoms with van der Waals surface area (Å²) in [5.41, 5.74) is 11.9. The summed E-state index contributed by atoms with van der Waals surface area (Å²) < 4.78 is 0. The summed E-state index contributed by atoms with van der Waals surface area (Å²) in [5, 5.41) is 0. The highest BCUT2D eigenvalue weighted by molar-refractivity contribution is 5.91. The number of nitrogens with zero attached hydrogens (tertiary/aromatic N) is 1. The number of nitrogens with two attached hydrogens (primary N) is 2. The molecule has 1 aromatic rings. The molecule has 1 heterocycles. The molecule has 0 saturated heterocycles. The van der Waals surface area contributed by atoms with E-state index in [-0.39, 0.29) is 5.69 Å². The van der Waals surface area contributed by atoms with Crippen LogP contribution in [0.3, 0.4) is 0 Å². The molecule has 4 heteroatoms. The molecule has 1 rings (SSSR count). The summed E-state index contributed by atoms with van der Waals surface area (Å²) in [6, 6.07) is 3.12. The molecular formula is C7H9N3O. The number of primary amides is 1. The Balaban J connectivity index is 3.15. The zero-order valence-corrected chi connectivity index (χ0v) is 6.16. The Morgan fingerprint density at radius 1 is 1.55 bits per heavy atom. The van der Waals surface area contributed by atoms with Crippen LogP contribution in [0, 0.1) is 6.92 Å². The quantitative estimate of drug-likeness (QED) is 0.595. The van der Waals surface area contributed by atoms with E-state index in [9.17, 15) is 4.79 Å². The Morgan fingerprint density at radius 2 is 2.18 bits per heavy atom. The second kappa shape index (κ2) is 2.57. The van der Waals surface area contributed by atoms with Gasteiger partial charge >= 0.3 is 0 Å². The van der Waals surface area contributed by atoms with Crippen molar-refractivity contribution in [1.29, 1.82) is 0 Å². The Bertz CT molecular complexity index is 296. The molecule has 4 nitrogen and oxygen atoms in total. The van der Waals surface area contributed by atoms with Gasteiger partial charge < -0.3 is 11.5 Å². The van der Waals surface area contributed by atoms with Crippen LogP contribution in [-0.2, 0) is 0 Å². The Labute approximate surface area is 64.2 Å². The van der Waals surface area contributed by atoms with Crippen molar-refractivity contribution in [3.8, 4) is 0 Å². The maximum Gasteiger partial charge on any atom is 0.267 e. The molecule has 0 unspecified atom stereocenters. The number of hydrogen-bond acceptors (Lipinski definition) is 3. The third-order valence-corrected chi connectivity index (χ3v) is 1.38. The summed E-state index contributed by atoms with van der Waals surface area (Å²) in [5.74, 6) is -0.534. The van der Waals surface area contributed by atoms with Crippen LogP contribution in [0.15, 0.2) is 12.1 Å². The Morgan fingerprint density at radius 3 is 2.64 bits per heavy atom. The molecule has 0 radical (unpaired) electrons. The first-order valence-corrected chi connectivity index (χ1v) is 3.14. The lowest BCUT2D eigenvalue weighted by molar-refractivity contribution is 0.0995. The number of anilines is 1. The van der Waals surface area contributed by atoms with Gasteiger partial charge in [0.1, 0.15) is 5.69 Å². The molecular weight excluding hydrogens is 142 g/mol. The van der Waals surface area contributed by atoms with Crippen molar-refractivity contribution in [2.24, 2.45) is 5.73 Å². The number of hydrogen-bond donors (Lipinski definition) is 2. The molecule has 1 amide bonds. The standard InChI is InChI=1S/C7H9N3O/c1-4-5(8)2-3-6(10-4)7(9)11/h2-3H,8H2,1H3,(H2,9,11). The number of carbonyl (C=O) groups excluding carboxylic acids is 1. The van der Waals surface area contributed by atoms with Crippen molar-refractivity contribution in [3.05, 3.63) is 23.5 Å². The summed E-state index contributed by atoms with van der Waals surface area (Å²) in [4.78, 5) is 14.5. The SMILES string of the molecule is Cc1nc(C(N)=O)ccc1N. The number of aryl methyl sites for hydroxylation is 1. The maximum atomic E-state index is 10.6. The minimum absolute atomic E-state index is 0.247. The van der Waals surface area contributed by atoms with Gasteiger partial charge in [-0.25, -0.2) is 4.98 Å². The van der Waals surface area contributed by atoms with Crippen LogP contribution in [0.4, 0.5) is 5.69 Å². The molecule has 0 aliphatic rings. The van der Waals surface area contributed by atoms with Crippen LogP contribution < -0.4 is 11.5 Å². The lowest BCUT2D eigenvalue weighted by atomic mass is 10.2. The van der Waals surface area contributed by atoms with E-state index in [1.807, 2.05) is 0 Å². The average Bonchev–Trinajstić information content (AvgIpc) is 1.94. The Hall–Kier alpha value is -1.58. The van der Waals surface area contributed by atoms with Gasteiger partial charge in [-0.15, -0.1) is 0 Å². The first-order valence-electron chi connectivity index (χ1n) is 3.14. The van der Waals surface area contributed by atoms with E-state index in [1.54, 1.807) is 13.0 Å². The van der Waals surface area contributed by atoms with Gasteiger partial charge in [-0.2, -0.15) is 0 Å². The van der Waals surface area contributed by atoms with E-state index in [4.69, 9.17) is 11.5 Å². The number of carbonyl (C=O) groups is 1. The Kier molecular flexibility index (Phi) is 1.76. The average molecular weight is 151 g/mol. The predicted octanol–water partition coefficient (Wildman–Crippen LogP) is 0.0711. The van der Waals surface area contributed by atoms with E-state index < -0.39 is 5.91 Å². The summed E-state index contributed by atoms with van der Waals surface area (Å²) in [7, 11) is 0. The van der Waals surface area contributed by atoms with Crippen molar-refractivity contribution < 1.29 is 4.79 Å². The van der Waals surface area contributed by atoms with E-state index in [0.29, 0.717) is 11.4 Å². The minimum atomic E-state index is -0.534. The molecule has 0 saturated carbocycles. The van der Waals surface area contributed by atoms with Crippen LogP contribution in [0.1, 0.15) is 16.2 Å². The number of rotatable bonds is 1. The fraction of sp³-hybridized carbons (Fsp3) is 0.143. The van der Waals surface area contributed by atoms with E-state index in [1.165, 1.54) is 6.07 Å². The van der Waals surface area contributed by atoms with Gasteiger partial charge in [0.25, 0.3) is 5.91 Å². The monoisotopic (exact) mass is 151 g/mol. The largest absolute Gasteiger partial charge is 0.397 e. The number of nitrogen functional groups attached to an aromatic ring is 1. The normalized spacial score (nSPS) is 9.55. The van der Waals surface area contributed by atoms with Gasteiger partial charge in [0.15, 0.2) is 0 Å². The van der Waals surface area contributed by atoms with Gasteiger partial charge in [-0.05, 0) is 19.1 Å². The maximum absolute atomic E-state index is 10.6. The number of amides is 1. The van der Waals surface area contributed by atoms with Crippen LogP contribution in [0.2, 0.25) is 0 Å². The summed E-state index contributed by atoms with van der Waals surface area (Å²) >= 11 is 0. The van der Waals surface area contributed by atoms with E-state index >= 15 is 0 Å². The molecule has 0 spiro atoms. The van der Waals surface area contributed by atoms with Crippen LogP contribution in [0.25, 0.3) is 0 Å². The van der Waals surface area contributed by atoms with Crippen LogP contribution in [-0.4, -0.2) is 10.9 Å². The van der Waals surface area contributed by atoms with Gasteiger partial charge in [-0.3, -0.25) is 4.79 Å². The third kappa shape index (κ3) is 1.46. The highest BCUT2D eigenvalue weighted by atomic mass is 16.1. The number of aromatic nitrogens is 1. The molecule has 11 heavy (non-hydrogen) atoms. The highest BCUT2D eigenvalue weighted by Gasteiger charge is 2.02. The summed E-state index contributed by atoms with van der Waals surface area (Å²) in [6.45, 7) is 1.72. The van der Waals surface area contributed by atoms with Crippen LogP contribution >= 0.6 is 0 Å². The molecule has 0 aromatic carbocycles. The zero-order valence-electron chi connectivity index (χ0n) is 6.16. The first-order chi connectivity index (χ1) is 5.11. The van der Waals surface area contributed by atoms with Gasteiger partial charge in [0, 0.05) is 0 Å². The zero-order chi connectivity index (χ0) is 8.43. The van der Waals surface area contributed by atoms with Crippen molar-refractivity contribution in [2.75, 3.05) is 5.73 Å². The highest BCUT2D eigenvalue weighted by Crippen LogP contribution is 2.07. The van der Waals surface area contributed by atoms with Gasteiger partial charge in [0.05, 0.1) is 11.4 Å².